The average molecular weight is 403 g/mol. The Kier molecular flexibility index (Phi) is 7.66. The van der Waals surface area contributed by atoms with Crippen molar-refractivity contribution in [2.75, 3.05) is 25.0 Å². The molecule has 0 aliphatic rings. The van der Waals surface area contributed by atoms with Gasteiger partial charge in [0.1, 0.15) is 0 Å². The van der Waals surface area contributed by atoms with E-state index in [9.17, 15) is 9.59 Å². The van der Waals surface area contributed by atoms with Gasteiger partial charge < -0.3 is 10.6 Å². The molecule has 0 fully saturated rings. The number of nitrogens with zero attached hydrogens (tertiary/aromatic N) is 1. The lowest BCUT2D eigenvalue weighted by Crippen LogP contribution is -2.42. The third-order valence-electron chi connectivity index (χ3n) is 2.78. The average Bonchev–Trinajstić information content (AvgIpc) is 2.39. The number of carbonyl (C=O) groups is 2. The Bertz CT molecular complexity index is 492. The van der Waals surface area contributed by atoms with Gasteiger partial charge in [0.05, 0.1) is 18.8 Å². The number of carbonyl (C=O) groups excluding carboxylic acids is 2. The van der Waals surface area contributed by atoms with Crippen LogP contribution >= 0.6 is 22.6 Å². The lowest BCUT2D eigenvalue weighted by molar-refractivity contribution is -0.123. The van der Waals surface area contributed by atoms with Crippen LogP contribution in [0.3, 0.4) is 0 Å². The van der Waals surface area contributed by atoms with E-state index in [0.29, 0.717) is 6.54 Å². The minimum absolute atomic E-state index is 0.0612. The second-order valence-electron chi connectivity index (χ2n) is 5.05. The molecule has 0 heterocycles. The molecule has 0 aliphatic heterocycles. The fourth-order valence-corrected chi connectivity index (χ4v) is 2.33. The smallest absolute Gasteiger partial charge is 0.238 e. The summed E-state index contributed by atoms with van der Waals surface area (Å²) in [5.41, 5.74) is 0.797. The first kappa shape index (κ1) is 17.9. The minimum Gasteiger partial charge on any atom is -0.353 e. The van der Waals surface area contributed by atoms with E-state index >= 15 is 0 Å². The van der Waals surface area contributed by atoms with Gasteiger partial charge in [-0.2, -0.15) is 0 Å². The number of benzene rings is 1. The lowest BCUT2D eigenvalue weighted by atomic mass is 10.3. The van der Waals surface area contributed by atoms with E-state index in [-0.39, 0.29) is 30.9 Å². The second-order valence-corrected chi connectivity index (χ2v) is 6.22. The molecule has 0 spiro atoms. The zero-order valence-corrected chi connectivity index (χ0v) is 14.8. The van der Waals surface area contributed by atoms with Crippen molar-refractivity contribution in [1.82, 2.24) is 10.2 Å². The molecule has 116 valence electrons. The van der Waals surface area contributed by atoms with Gasteiger partial charge >= 0.3 is 0 Å². The molecule has 1 aromatic rings. The fraction of sp³-hybridized carbons (Fsp3) is 0.467. The maximum absolute atomic E-state index is 12.0. The summed E-state index contributed by atoms with van der Waals surface area (Å²) >= 11 is 2.18. The highest BCUT2D eigenvalue weighted by Gasteiger charge is 2.14. The number of likely N-dealkylation sites (N-methyl/N-ethyl adjacent to an activating group) is 1. The van der Waals surface area contributed by atoms with Crippen molar-refractivity contribution in [1.29, 1.82) is 0 Å². The molecule has 0 bridgehead atoms. The molecule has 1 rings (SSSR count). The lowest BCUT2D eigenvalue weighted by Gasteiger charge is -2.20. The summed E-state index contributed by atoms with van der Waals surface area (Å²) in [6.07, 6.45) is 0. The normalized spacial score (nSPS) is 10.8. The highest BCUT2D eigenvalue weighted by molar-refractivity contribution is 14.1. The van der Waals surface area contributed by atoms with Gasteiger partial charge in [-0.05, 0) is 55.1 Å². The molecule has 0 aliphatic carbocycles. The zero-order chi connectivity index (χ0) is 15.8. The van der Waals surface area contributed by atoms with Crippen LogP contribution in [0.1, 0.15) is 20.8 Å². The predicted molar refractivity (Wildman–Crippen MR) is 93.2 cm³/mol. The van der Waals surface area contributed by atoms with Gasteiger partial charge in [-0.15, -0.1) is 0 Å². The van der Waals surface area contributed by atoms with Crippen LogP contribution in [0.2, 0.25) is 0 Å². The van der Waals surface area contributed by atoms with Gasteiger partial charge in [-0.25, -0.2) is 0 Å². The molecule has 2 N–H and O–H groups in total. The first-order valence-electron chi connectivity index (χ1n) is 6.98. The molecule has 0 unspecified atom stereocenters. The maximum Gasteiger partial charge on any atom is 0.238 e. The summed E-state index contributed by atoms with van der Waals surface area (Å²) in [5, 5.41) is 5.70. The zero-order valence-electron chi connectivity index (χ0n) is 12.6. The van der Waals surface area contributed by atoms with Crippen LogP contribution in [0.15, 0.2) is 24.3 Å². The molecule has 0 atom stereocenters. The van der Waals surface area contributed by atoms with E-state index < -0.39 is 0 Å². The van der Waals surface area contributed by atoms with Crippen molar-refractivity contribution in [3.8, 4) is 0 Å². The van der Waals surface area contributed by atoms with Crippen molar-refractivity contribution in [3.63, 3.8) is 0 Å². The standard InChI is InChI=1S/C15H22IN3O2/c1-4-19(9-14(20)17-11(2)3)10-15(21)18-13-8-6-5-7-12(13)16/h5-8,11H,4,9-10H2,1-3H3,(H,17,20)(H,18,21). The molecule has 0 saturated carbocycles. The Morgan fingerprint density at radius 2 is 1.81 bits per heavy atom. The summed E-state index contributed by atoms with van der Waals surface area (Å²) in [5.74, 6) is -0.174. The van der Waals surface area contributed by atoms with Gasteiger partial charge in [0.15, 0.2) is 0 Å². The predicted octanol–water partition coefficient (Wildman–Crippen LogP) is 2.08. The van der Waals surface area contributed by atoms with E-state index in [1.165, 1.54) is 0 Å². The minimum atomic E-state index is -0.113. The number of halogens is 1. The van der Waals surface area contributed by atoms with Crippen LogP contribution in [0.25, 0.3) is 0 Å². The topological polar surface area (TPSA) is 61.4 Å². The monoisotopic (exact) mass is 403 g/mol. The van der Waals surface area contributed by atoms with E-state index in [1.807, 2.05) is 49.9 Å². The fourth-order valence-electron chi connectivity index (χ4n) is 1.81. The van der Waals surface area contributed by atoms with E-state index in [0.717, 1.165) is 9.26 Å². The van der Waals surface area contributed by atoms with Crippen LogP contribution in [0, 0.1) is 3.57 Å². The summed E-state index contributed by atoms with van der Waals surface area (Å²) in [6.45, 7) is 6.84. The second kappa shape index (κ2) is 8.99. The molecule has 6 heteroatoms. The molecule has 21 heavy (non-hydrogen) atoms. The van der Waals surface area contributed by atoms with Crippen LogP contribution in [-0.4, -0.2) is 42.4 Å². The van der Waals surface area contributed by atoms with Gasteiger partial charge in [-0.3, -0.25) is 14.5 Å². The van der Waals surface area contributed by atoms with Crippen LogP contribution in [0.4, 0.5) is 5.69 Å². The number of anilines is 1. The van der Waals surface area contributed by atoms with E-state index in [4.69, 9.17) is 0 Å². The first-order chi connectivity index (χ1) is 9.92. The van der Waals surface area contributed by atoms with Gasteiger partial charge in [0, 0.05) is 9.61 Å². The number of nitrogens with one attached hydrogen (secondary N) is 2. The molecule has 0 aromatic heterocycles. The molecular weight excluding hydrogens is 381 g/mol. The SMILES string of the molecule is CCN(CC(=O)Nc1ccccc1I)CC(=O)NC(C)C. The first-order valence-corrected chi connectivity index (χ1v) is 8.06. The van der Waals surface area contributed by atoms with Crippen molar-refractivity contribution >= 4 is 40.1 Å². The van der Waals surface area contributed by atoms with Crippen molar-refractivity contribution in [3.05, 3.63) is 27.8 Å². The largest absolute Gasteiger partial charge is 0.353 e. The van der Waals surface area contributed by atoms with Crippen LogP contribution in [-0.2, 0) is 9.59 Å². The number of rotatable bonds is 7. The summed E-state index contributed by atoms with van der Waals surface area (Å²) < 4.78 is 0.990. The van der Waals surface area contributed by atoms with Gasteiger partial charge in [-0.1, -0.05) is 19.1 Å². The molecule has 0 saturated heterocycles. The molecular formula is C15H22IN3O2. The molecule has 1 aromatic carbocycles. The number of hydrogen-bond donors (Lipinski definition) is 2. The van der Waals surface area contributed by atoms with Crippen LogP contribution in [0.5, 0.6) is 0 Å². The number of hydrogen-bond acceptors (Lipinski definition) is 3. The quantitative estimate of drug-likeness (QED) is 0.686. The highest BCUT2D eigenvalue weighted by atomic mass is 127. The van der Waals surface area contributed by atoms with Crippen LogP contribution < -0.4 is 10.6 Å². The number of amides is 2. The van der Waals surface area contributed by atoms with E-state index in [2.05, 4.69) is 33.2 Å². The van der Waals surface area contributed by atoms with Gasteiger partial charge in [0.25, 0.3) is 0 Å². The maximum atomic E-state index is 12.0. The Balaban J connectivity index is 2.51. The Morgan fingerprint density at radius 1 is 1.19 bits per heavy atom. The Labute approximate surface area is 139 Å². The third kappa shape index (κ3) is 6.90. The van der Waals surface area contributed by atoms with Crippen molar-refractivity contribution in [2.24, 2.45) is 0 Å². The molecule has 0 radical (unpaired) electrons. The summed E-state index contributed by atoms with van der Waals surface area (Å²) in [7, 11) is 0. The Hall–Kier alpha value is -1.15. The summed E-state index contributed by atoms with van der Waals surface area (Å²) in [4.78, 5) is 25.6. The highest BCUT2D eigenvalue weighted by Crippen LogP contribution is 2.16. The molecule has 2 amide bonds. The Morgan fingerprint density at radius 3 is 2.38 bits per heavy atom. The van der Waals surface area contributed by atoms with Gasteiger partial charge in [0.2, 0.25) is 11.8 Å². The van der Waals surface area contributed by atoms with Crippen molar-refractivity contribution in [2.45, 2.75) is 26.8 Å². The molecule has 5 nitrogen and oxygen atoms in total. The summed E-state index contributed by atoms with van der Waals surface area (Å²) in [6, 6.07) is 7.71. The number of para-hydroxylation sites is 1. The van der Waals surface area contributed by atoms with Crippen molar-refractivity contribution < 1.29 is 9.59 Å². The van der Waals surface area contributed by atoms with E-state index in [1.54, 1.807) is 0 Å². The third-order valence-corrected chi connectivity index (χ3v) is 3.72.